The first kappa shape index (κ1) is 22.4. The second kappa shape index (κ2) is 5.71. The lowest BCUT2D eigenvalue weighted by Crippen LogP contribution is -2.88. The molecule has 7 unspecified atom stereocenters. The van der Waals surface area contributed by atoms with Crippen molar-refractivity contribution in [3.63, 3.8) is 0 Å². The van der Waals surface area contributed by atoms with Gasteiger partial charge in [0.05, 0.1) is 18.1 Å². The zero-order valence-corrected chi connectivity index (χ0v) is 22.0. The van der Waals surface area contributed by atoms with E-state index < -0.39 is 23.1 Å². The van der Waals surface area contributed by atoms with E-state index in [0.29, 0.717) is 24.4 Å². The molecule has 5 fully saturated rings. The molecule has 3 aliphatic heterocycles. The number of rotatable bonds is 2. The van der Waals surface area contributed by atoms with Crippen LogP contribution < -0.4 is 0 Å². The second-order valence-electron chi connectivity index (χ2n) is 14.7. The van der Waals surface area contributed by atoms with Gasteiger partial charge in [-0.3, -0.25) is 4.99 Å². The van der Waals surface area contributed by atoms with E-state index in [1.807, 2.05) is 6.21 Å². The Morgan fingerprint density at radius 1 is 1.12 bits per heavy atom. The van der Waals surface area contributed by atoms with Gasteiger partial charge in [-0.05, 0) is 78.9 Å². The molecule has 3 heterocycles. The molecule has 4 saturated carbocycles. The SMILES string of the molecule is CC1C2C3C(O)[C@@]45C(C)(CCC1(C)[C@@]234)[C@@]12C=CC[C@@](C)(CN=CC(C)[C@@]5(OC(C)(C)O)OC1)C2. The maximum atomic E-state index is 12.4. The van der Waals surface area contributed by atoms with Crippen LogP contribution in [0.25, 0.3) is 0 Å². The van der Waals surface area contributed by atoms with Gasteiger partial charge in [-0.25, -0.2) is 0 Å². The molecule has 0 aromatic rings. The predicted octanol–water partition coefficient (Wildman–Crippen LogP) is 4.57. The van der Waals surface area contributed by atoms with Crippen molar-refractivity contribution in [1.29, 1.82) is 0 Å². The Kier molecular flexibility index (Phi) is 3.77. The third-order valence-electron chi connectivity index (χ3n) is 13.1. The van der Waals surface area contributed by atoms with Crippen LogP contribution in [0.15, 0.2) is 17.1 Å². The monoisotopic (exact) mass is 469 g/mol. The number of nitrogens with zero attached hydrogens (tertiary/aromatic N) is 1. The van der Waals surface area contributed by atoms with E-state index in [9.17, 15) is 10.2 Å². The van der Waals surface area contributed by atoms with Crippen LogP contribution >= 0.6 is 0 Å². The van der Waals surface area contributed by atoms with Crippen LogP contribution in [-0.2, 0) is 9.47 Å². The highest BCUT2D eigenvalue weighted by Crippen LogP contribution is 3.05. The summed E-state index contributed by atoms with van der Waals surface area (Å²) in [5, 5.41) is 23.5. The third-order valence-corrected chi connectivity index (χ3v) is 13.1. The summed E-state index contributed by atoms with van der Waals surface area (Å²) in [6.45, 7) is 16.6. The molecule has 5 aliphatic carbocycles. The molecule has 0 aromatic carbocycles. The first-order valence-electron chi connectivity index (χ1n) is 13.6. The molecule has 0 radical (unpaired) electrons. The van der Waals surface area contributed by atoms with Gasteiger partial charge < -0.3 is 19.7 Å². The van der Waals surface area contributed by atoms with Crippen molar-refractivity contribution < 1.29 is 19.7 Å². The first-order valence-corrected chi connectivity index (χ1v) is 13.6. The average molecular weight is 470 g/mol. The number of fused-ring (bicyclic) bond motifs is 4. The molecule has 12 atom stereocenters. The van der Waals surface area contributed by atoms with Crippen molar-refractivity contribution in [2.45, 2.75) is 91.8 Å². The lowest BCUT2D eigenvalue weighted by atomic mass is 9.24. The number of aliphatic imine (C=N–C) groups is 1. The minimum Gasteiger partial charge on any atom is -0.392 e. The van der Waals surface area contributed by atoms with E-state index >= 15 is 0 Å². The number of ether oxygens (including phenoxy) is 2. The Labute approximate surface area is 204 Å². The summed E-state index contributed by atoms with van der Waals surface area (Å²) < 4.78 is 13.9. The van der Waals surface area contributed by atoms with Crippen molar-refractivity contribution in [2.75, 3.05) is 13.2 Å². The van der Waals surface area contributed by atoms with Gasteiger partial charge >= 0.3 is 0 Å². The molecular weight excluding hydrogens is 426 g/mol. The molecule has 8 rings (SSSR count). The molecule has 188 valence electrons. The van der Waals surface area contributed by atoms with Crippen molar-refractivity contribution in [1.82, 2.24) is 0 Å². The number of allylic oxidation sites excluding steroid dienone is 1. The van der Waals surface area contributed by atoms with Gasteiger partial charge in [0.1, 0.15) is 0 Å². The standard InChI is InChI=1S/C29H43NO4/c1-17-13-30-15-23(5)9-8-10-26(14-23)16-33-29(17,34-22(3,4)32)28-21(31)20-19-18(2)24(6,27(19,20)28)11-12-25(26,28)7/h8,10,13,17-21,31-32H,9,11-12,14-16H2,1-7H3/t17?,18?,19?,20?,21?,23-,24?,25?,26-,27-,28-,29+/m1/s1. The number of hydrogen-bond acceptors (Lipinski definition) is 5. The molecule has 5 heteroatoms. The van der Waals surface area contributed by atoms with E-state index in [-0.39, 0.29) is 33.0 Å². The largest absolute Gasteiger partial charge is 0.392 e. The average Bonchev–Trinajstić information content (AvgIpc) is 3.33. The number of aliphatic hydroxyl groups is 2. The summed E-state index contributed by atoms with van der Waals surface area (Å²) in [6.07, 6.45) is 10.7. The first-order chi connectivity index (χ1) is 15.7. The van der Waals surface area contributed by atoms with Gasteiger partial charge in [-0.1, -0.05) is 46.8 Å². The van der Waals surface area contributed by atoms with Crippen LogP contribution in [-0.4, -0.2) is 47.3 Å². The number of aliphatic hydroxyl groups excluding tert-OH is 1. The molecule has 0 aromatic heterocycles. The molecule has 3 spiro atoms. The van der Waals surface area contributed by atoms with Crippen molar-refractivity contribution in [2.24, 2.45) is 61.2 Å². The van der Waals surface area contributed by atoms with Crippen molar-refractivity contribution in [3.05, 3.63) is 12.2 Å². The molecule has 34 heavy (non-hydrogen) atoms. The molecule has 8 aliphatic rings. The molecule has 5 nitrogen and oxygen atoms in total. The van der Waals surface area contributed by atoms with E-state index in [1.54, 1.807) is 13.8 Å². The summed E-state index contributed by atoms with van der Waals surface area (Å²) in [5.74, 6) is -1.27. The second-order valence-corrected chi connectivity index (χ2v) is 14.7. The van der Waals surface area contributed by atoms with E-state index in [1.165, 1.54) is 6.42 Å². The maximum absolute atomic E-state index is 12.4. The van der Waals surface area contributed by atoms with Crippen LogP contribution in [0, 0.1) is 56.2 Å². The fourth-order valence-electron chi connectivity index (χ4n) is 12.0. The molecule has 2 N–H and O–H groups in total. The van der Waals surface area contributed by atoms with E-state index in [0.717, 1.165) is 25.8 Å². The quantitative estimate of drug-likeness (QED) is 0.459. The highest BCUT2D eigenvalue weighted by atomic mass is 16.8. The van der Waals surface area contributed by atoms with Gasteiger partial charge in [0.2, 0.25) is 0 Å². The highest BCUT2D eigenvalue weighted by Gasteiger charge is 3.07. The van der Waals surface area contributed by atoms with Gasteiger partial charge in [-0.15, -0.1) is 0 Å². The van der Waals surface area contributed by atoms with Crippen LogP contribution in [0.2, 0.25) is 0 Å². The van der Waals surface area contributed by atoms with Gasteiger partial charge in [0, 0.05) is 24.1 Å². The van der Waals surface area contributed by atoms with Crippen LogP contribution in [0.3, 0.4) is 0 Å². The predicted molar refractivity (Wildman–Crippen MR) is 130 cm³/mol. The lowest BCUT2D eigenvalue weighted by molar-refractivity contribution is -0.506. The zero-order chi connectivity index (χ0) is 24.4. The Morgan fingerprint density at radius 3 is 2.53 bits per heavy atom. The Bertz CT molecular complexity index is 1030. The Morgan fingerprint density at radius 2 is 1.85 bits per heavy atom. The summed E-state index contributed by atoms with van der Waals surface area (Å²) >= 11 is 0. The van der Waals surface area contributed by atoms with Gasteiger partial charge in [0.15, 0.2) is 11.6 Å². The number of hydrogen-bond donors (Lipinski definition) is 2. The van der Waals surface area contributed by atoms with E-state index in [4.69, 9.17) is 14.5 Å². The smallest absolute Gasteiger partial charge is 0.188 e. The Balaban J connectivity index is 1.56. The van der Waals surface area contributed by atoms with Crippen LogP contribution in [0.4, 0.5) is 0 Å². The fraction of sp³-hybridized carbons (Fsp3) is 0.897. The molecule has 3 bridgehead atoms. The lowest BCUT2D eigenvalue weighted by Gasteiger charge is -2.83. The van der Waals surface area contributed by atoms with Crippen molar-refractivity contribution in [3.8, 4) is 0 Å². The normalized spacial score (nSPS) is 64.8. The third kappa shape index (κ3) is 1.82. The molecular formula is C29H43NO4. The summed E-state index contributed by atoms with van der Waals surface area (Å²) in [7, 11) is 0. The summed E-state index contributed by atoms with van der Waals surface area (Å²) in [6, 6.07) is 0. The minimum atomic E-state index is -1.39. The van der Waals surface area contributed by atoms with E-state index in [2.05, 4.69) is 46.8 Å². The van der Waals surface area contributed by atoms with Crippen LogP contribution in [0.1, 0.15) is 74.1 Å². The maximum Gasteiger partial charge on any atom is 0.188 e. The highest BCUT2D eigenvalue weighted by molar-refractivity contribution is 5.65. The molecule has 0 amide bonds. The van der Waals surface area contributed by atoms with Crippen molar-refractivity contribution >= 4 is 6.21 Å². The Hall–Kier alpha value is -0.750. The molecule has 1 saturated heterocycles. The topological polar surface area (TPSA) is 71.3 Å². The summed E-state index contributed by atoms with van der Waals surface area (Å²) in [5.41, 5.74) is -0.716. The minimum absolute atomic E-state index is 0.00743. The van der Waals surface area contributed by atoms with Gasteiger partial charge in [0.25, 0.3) is 0 Å². The summed E-state index contributed by atoms with van der Waals surface area (Å²) in [4.78, 5) is 4.98. The van der Waals surface area contributed by atoms with Crippen LogP contribution in [0.5, 0.6) is 0 Å². The van der Waals surface area contributed by atoms with Gasteiger partial charge in [-0.2, -0.15) is 0 Å². The zero-order valence-electron chi connectivity index (χ0n) is 22.0. The fourth-order valence-corrected chi connectivity index (χ4v) is 12.0.